The summed E-state index contributed by atoms with van der Waals surface area (Å²) < 4.78 is 14.8. The van der Waals surface area contributed by atoms with Crippen LogP contribution in [-0.4, -0.2) is 16.1 Å². The quantitative estimate of drug-likeness (QED) is 0.508. The third-order valence-electron chi connectivity index (χ3n) is 4.82. The van der Waals surface area contributed by atoms with E-state index in [4.69, 9.17) is 5.73 Å². The van der Waals surface area contributed by atoms with Gasteiger partial charge in [-0.25, -0.2) is 4.39 Å². The normalized spacial score (nSPS) is 10.8. The molecule has 144 valence electrons. The molecule has 2 heterocycles. The highest BCUT2D eigenvalue weighted by atomic mass is 19.1. The number of carbonyl (C=O) groups is 2. The Balaban J connectivity index is 1.83. The highest BCUT2D eigenvalue weighted by Gasteiger charge is 2.26. The van der Waals surface area contributed by atoms with Gasteiger partial charge in [0.1, 0.15) is 11.5 Å². The lowest BCUT2D eigenvalue weighted by Gasteiger charge is -2.08. The monoisotopic (exact) mass is 387 g/mol. The van der Waals surface area contributed by atoms with E-state index in [9.17, 15) is 14.0 Å². The number of anilines is 2. The second-order valence-corrected chi connectivity index (χ2v) is 6.70. The molecular formula is C23H18FN3O2. The van der Waals surface area contributed by atoms with Crippen molar-refractivity contribution in [2.45, 2.75) is 6.92 Å². The average molecular weight is 387 g/mol. The van der Waals surface area contributed by atoms with Crippen LogP contribution in [0.2, 0.25) is 0 Å². The summed E-state index contributed by atoms with van der Waals surface area (Å²) in [5.74, 6) is -1.23. The number of benzene rings is 2. The standard InChI is InChI=1S/C23H18FN3O2/c1-14-6-2-3-7-17(14)26-23(29)19-18-8-4-5-13-27(18)21(20(19)25)22(28)15-9-11-16(24)12-10-15/h2-13H,25H2,1H3,(H,26,29). The number of pyridine rings is 1. The van der Waals surface area contributed by atoms with E-state index in [0.29, 0.717) is 11.2 Å². The minimum atomic E-state index is -0.437. The zero-order valence-electron chi connectivity index (χ0n) is 15.6. The number of nitrogens with zero attached hydrogens (tertiary/aromatic N) is 1. The maximum Gasteiger partial charge on any atom is 0.259 e. The molecule has 2 aromatic carbocycles. The number of fused-ring (bicyclic) bond motifs is 1. The van der Waals surface area contributed by atoms with Gasteiger partial charge in [-0.15, -0.1) is 0 Å². The number of hydrogen-bond donors (Lipinski definition) is 2. The highest BCUT2D eigenvalue weighted by molar-refractivity contribution is 6.20. The lowest BCUT2D eigenvalue weighted by Crippen LogP contribution is -2.14. The molecule has 3 N–H and O–H groups in total. The second kappa shape index (κ2) is 7.24. The molecule has 0 radical (unpaired) electrons. The van der Waals surface area contributed by atoms with Crippen LogP contribution in [0.4, 0.5) is 15.8 Å². The Kier molecular flexibility index (Phi) is 4.60. The van der Waals surface area contributed by atoms with Gasteiger partial charge < -0.3 is 15.5 Å². The second-order valence-electron chi connectivity index (χ2n) is 6.70. The average Bonchev–Trinajstić information content (AvgIpc) is 3.01. The number of para-hydroxylation sites is 1. The Labute approximate surface area is 166 Å². The van der Waals surface area contributed by atoms with Gasteiger partial charge in [0.2, 0.25) is 5.78 Å². The molecule has 0 saturated heterocycles. The van der Waals surface area contributed by atoms with Crippen molar-refractivity contribution < 1.29 is 14.0 Å². The van der Waals surface area contributed by atoms with Gasteiger partial charge in [-0.05, 0) is 55.0 Å². The van der Waals surface area contributed by atoms with Crippen molar-refractivity contribution >= 4 is 28.6 Å². The number of rotatable bonds is 4. The maximum atomic E-state index is 13.2. The molecule has 0 aliphatic carbocycles. The van der Waals surface area contributed by atoms with Crippen LogP contribution < -0.4 is 11.1 Å². The van der Waals surface area contributed by atoms with E-state index in [0.717, 1.165) is 5.56 Å². The van der Waals surface area contributed by atoms with Gasteiger partial charge in [-0.2, -0.15) is 0 Å². The molecule has 0 aliphatic heterocycles. The fourth-order valence-corrected chi connectivity index (χ4v) is 3.33. The predicted octanol–water partition coefficient (Wildman–Crippen LogP) is 4.45. The number of carbonyl (C=O) groups excluding carboxylic acids is 2. The molecule has 0 aliphatic rings. The Morgan fingerprint density at radius 3 is 2.38 bits per heavy atom. The Hall–Kier alpha value is -3.93. The van der Waals surface area contributed by atoms with Gasteiger partial charge in [-0.3, -0.25) is 9.59 Å². The molecule has 5 nitrogen and oxygen atoms in total. The zero-order valence-corrected chi connectivity index (χ0v) is 15.6. The number of aryl methyl sites for hydroxylation is 1. The van der Waals surface area contributed by atoms with E-state index in [1.54, 1.807) is 34.9 Å². The minimum absolute atomic E-state index is 0.0802. The molecule has 4 rings (SSSR count). The molecular weight excluding hydrogens is 369 g/mol. The number of nitrogens with two attached hydrogens (primary N) is 1. The van der Waals surface area contributed by atoms with E-state index in [-0.39, 0.29) is 22.5 Å². The molecule has 0 atom stereocenters. The molecule has 0 fully saturated rings. The first kappa shape index (κ1) is 18.4. The smallest absolute Gasteiger partial charge is 0.259 e. The van der Waals surface area contributed by atoms with Crippen LogP contribution in [0.1, 0.15) is 32.0 Å². The van der Waals surface area contributed by atoms with Crippen LogP contribution in [0.15, 0.2) is 72.9 Å². The topological polar surface area (TPSA) is 76.6 Å². The van der Waals surface area contributed by atoms with Crippen molar-refractivity contribution in [1.82, 2.24) is 4.40 Å². The third kappa shape index (κ3) is 3.25. The molecule has 1 amide bonds. The lowest BCUT2D eigenvalue weighted by molar-refractivity contribution is 0.102. The van der Waals surface area contributed by atoms with Gasteiger partial charge in [0.05, 0.1) is 16.8 Å². The zero-order chi connectivity index (χ0) is 20.5. The van der Waals surface area contributed by atoms with E-state index in [1.165, 1.54) is 24.3 Å². The van der Waals surface area contributed by atoms with Gasteiger partial charge in [0.15, 0.2) is 0 Å². The summed E-state index contributed by atoms with van der Waals surface area (Å²) in [4.78, 5) is 26.1. The molecule has 0 bridgehead atoms. The summed E-state index contributed by atoms with van der Waals surface area (Å²) in [5.41, 5.74) is 9.14. The molecule has 4 aromatic rings. The van der Waals surface area contributed by atoms with Crippen molar-refractivity contribution in [3.63, 3.8) is 0 Å². The Morgan fingerprint density at radius 2 is 1.66 bits per heavy atom. The number of hydrogen-bond acceptors (Lipinski definition) is 3. The summed E-state index contributed by atoms with van der Waals surface area (Å²) in [7, 11) is 0. The van der Waals surface area contributed by atoms with Gasteiger partial charge >= 0.3 is 0 Å². The number of ketones is 1. The van der Waals surface area contributed by atoms with Crippen LogP contribution in [0.25, 0.3) is 5.52 Å². The highest BCUT2D eigenvalue weighted by Crippen LogP contribution is 2.29. The number of aromatic nitrogens is 1. The van der Waals surface area contributed by atoms with Crippen molar-refractivity contribution in [2.24, 2.45) is 0 Å². The fourth-order valence-electron chi connectivity index (χ4n) is 3.33. The molecule has 29 heavy (non-hydrogen) atoms. The van der Waals surface area contributed by atoms with E-state index < -0.39 is 17.5 Å². The van der Waals surface area contributed by atoms with Crippen molar-refractivity contribution in [3.05, 3.63) is 101 Å². The van der Waals surface area contributed by atoms with Crippen molar-refractivity contribution in [2.75, 3.05) is 11.1 Å². The largest absolute Gasteiger partial charge is 0.396 e. The Bertz CT molecular complexity index is 1240. The van der Waals surface area contributed by atoms with Crippen LogP contribution in [0, 0.1) is 12.7 Å². The van der Waals surface area contributed by atoms with E-state index in [2.05, 4.69) is 5.32 Å². The van der Waals surface area contributed by atoms with Crippen LogP contribution in [0.3, 0.4) is 0 Å². The SMILES string of the molecule is Cc1ccccc1NC(=O)c1c(N)c(C(=O)c2ccc(F)cc2)n2ccccc12. The Morgan fingerprint density at radius 1 is 0.966 bits per heavy atom. The van der Waals surface area contributed by atoms with Crippen molar-refractivity contribution in [1.29, 1.82) is 0 Å². The molecule has 0 saturated carbocycles. The first-order valence-corrected chi connectivity index (χ1v) is 9.03. The number of nitrogens with one attached hydrogen (secondary N) is 1. The molecule has 0 unspecified atom stereocenters. The summed E-state index contributed by atoms with van der Waals surface area (Å²) in [6.07, 6.45) is 1.67. The first-order chi connectivity index (χ1) is 14.0. The van der Waals surface area contributed by atoms with Crippen molar-refractivity contribution in [3.8, 4) is 0 Å². The first-order valence-electron chi connectivity index (χ1n) is 9.03. The van der Waals surface area contributed by atoms with Crippen LogP contribution in [-0.2, 0) is 0 Å². The lowest BCUT2D eigenvalue weighted by atomic mass is 10.1. The van der Waals surface area contributed by atoms with E-state index in [1.807, 2.05) is 25.1 Å². The summed E-state index contributed by atoms with van der Waals surface area (Å²) >= 11 is 0. The number of nitrogen functional groups attached to an aromatic ring is 1. The summed E-state index contributed by atoms with van der Waals surface area (Å²) in [6, 6.07) is 17.9. The predicted molar refractivity (Wildman–Crippen MR) is 111 cm³/mol. The number of halogens is 1. The molecule has 6 heteroatoms. The fraction of sp³-hybridized carbons (Fsp3) is 0.0435. The van der Waals surface area contributed by atoms with Crippen LogP contribution in [0.5, 0.6) is 0 Å². The van der Waals surface area contributed by atoms with Crippen LogP contribution >= 0.6 is 0 Å². The molecule has 0 spiro atoms. The summed E-state index contributed by atoms with van der Waals surface area (Å²) in [5, 5.41) is 2.87. The van der Waals surface area contributed by atoms with Gasteiger partial charge in [0, 0.05) is 17.4 Å². The van der Waals surface area contributed by atoms with Gasteiger partial charge in [0.25, 0.3) is 5.91 Å². The summed E-state index contributed by atoms with van der Waals surface area (Å²) in [6.45, 7) is 1.89. The van der Waals surface area contributed by atoms with E-state index >= 15 is 0 Å². The third-order valence-corrected chi connectivity index (χ3v) is 4.82. The number of amides is 1. The maximum absolute atomic E-state index is 13.2. The molecule has 2 aromatic heterocycles. The van der Waals surface area contributed by atoms with Gasteiger partial charge in [-0.1, -0.05) is 24.3 Å². The minimum Gasteiger partial charge on any atom is -0.396 e.